The van der Waals surface area contributed by atoms with E-state index in [4.69, 9.17) is 0 Å². The van der Waals surface area contributed by atoms with E-state index in [9.17, 15) is 0 Å². The monoisotopic (exact) mass is 196 g/mol. The van der Waals surface area contributed by atoms with E-state index < -0.39 is 0 Å². The SMILES string of the molecule is CC(C)(C)c1nccn1C1(C)CS1. The van der Waals surface area contributed by atoms with Gasteiger partial charge in [0, 0.05) is 23.6 Å². The summed E-state index contributed by atoms with van der Waals surface area (Å²) in [5, 5.41) is 0. The third-order valence-corrected chi connectivity index (χ3v) is 3.70. The van der Waals surface area contributed by atoms with Crippen molar-refractivity contribution in [3.63, 3.8) is 0 Å². The highest BCUT2D eigenvalue weighted by atomic mass is 32.2. The molecule has 0 aromatic carbocycles. The van der Waals surface area contributed by atoms with E-state index in [0.717, 1.165) is 0 Å². The van der Waals surface area contributed by atoms with Gasteiger partial charge < -0.3 is 4.57 Å². The first-order valence-corrected chi connectivity index (χ1v) is 5.60. The number of hydrogen-bond acceptors (Lipinski definition) is 2. The molecule has 1 aromatic heterocycles. The van der Waals surface area contributed by atoms with Gasteiger partial charge >= 0.3 is 0 Å². The molecule has 0 spiro atoms. The Labute approximate surface area is 83.7 Å². The standard InChI is InChI=1S/C10H16N2S/c1-9(2,3)8-11-5-6-12(8)10(4)7-13-10/h5-6H,7H2,1-4H3. The van der Waals surface area contributed by atoms with Gasteiger partial charge in [-0.3, -0.25) is 0 Å². The molecule has 0 bridgehead atoms. The van der Waals surface area contributed by atoms with Gasteiger partial charge in [-0.15, -0.1) is 11.8 Å². The van der Waals surface area contributed by atoms with E-state index in [1.54, 1.807) is 0 Å². The smallest absolute Gasteiger partial charge is 0.115 e. The zero-order valence-electron chi connectivity index (χ0n) is 8.66. The second-order valence-corrected chi connectivity index (χ2v) is 6.29. The summed E-state index contributed by atoms with van der Waals surface area (Å²) in [6.45, 7) is 8.90. The number of hydrogen-bond donors (Lipinski definition) is 0. The predicted molar refractivity (Wildman–Crippen MR) is 57.0 cm³/mol. The Morgan fingerprint density at radius 3 is 2.62 bits per heavy atom. The topological polar surface area (TPSA) is 17.8 Å². The molecule has 0 amide bonds. The van der Waals surface area contributed by atoms with E-state index in [1.807, 2.05) is 18.0 Å². The fraction of sp³-hybridized carbons (Fsp3) is 0.700. The molecule has 1 atom stereocenters. The average molecular weight is 196 g/mol. The molecule has 0 aliphatic carbocycles. The Morgan fingerprint density at radius 2 is 2.15 bits per heavy atom. The van der Waals surface area contributed by atoms with E-state index in [1.165, 1.54) is 11.6 Å². The molecule has 2 rings (SSSR count). The molecule has 1 saturated heterocycles. The summed E-state index contributed by atoms with van der Waals surface area (Å²) < 4.78 is 2.32. The van der Waals surface area contributed by atoms with Gasteiger partial charge in [-0.25, -0.2) is 4.98 Å². The van der Waals surface area contributed by atoms with Gasteiger partial charge in [0.1, 0.15) is 5.82 Å². The molecule has 2 nitrogen and oxygen atoms in total. The summed E-state index contributed by atoms with van der Waals surface area (Å²) in [6, 6.07) is 0. The van der Waals surface area contributed by atoms with E-state index in [0.29, 0.717) is 4.87 Å². The van der Waals surface area contributed by atoms with Crippen LogP contribution < -0.4 is 0 Å². The second kappa shape index (κ2) is 2.53. The van der Waals surface area contributed by atoms with Crippen LogP contribution in [-0.4, -0.2) is 15.3 Å². The summed E-state index contributed by atoms with van der Waals surface area (Å²) in [5.74, 6) is 2.41. The number of imidazole rings is 1. The molecule has 0 N–H and O–H groups in total. The third-order valence-electron chi connectivity index (χ3n) is 2.38. The summed E-state index contributed by atoms with van der Waals surface area (Å²) >= 11 is 1.98. The van der Waals surface area contributed by atoms with E-state index >= 15 is 0 Å². The van der Waals surface area contributed by atoms with Gasteiger partial charge in [-0.2, -0.15) is 0 Å². The highest BCUT2D eigenvalue weighted by Crippen LogP contribution is 2.50. The van der Waals surface area contributed by atoms with Gasteiger partial charge in [-0.1, -0.05) is 20.8 Å². The van der Waals surface area contributed by atoms with Crippen LogP contribution in [0.1, 0.15) is 33.5 Å². The molecular formula is C10H16N2S. The number of thioether (sulfide) groups is 1. The van der Waals surface area contributed by atoms with Crippen LogP contribution in [-0.2, 0) is 10.3 Å². The van der Waals surface area contributed by atoms with Crippen molar-refractivity contribution in [3.8, 4) is 0 Å². The van der Waals surface area contributed by atoms with Crippen LogP contribution in [0, 0.1) is 0 Å². The number of nitrogens with zero attached hydrogens (tertiary/aromatic N) is 2. The van der Waals surface area contributed by atoms with Crippen molar-refractivity contribution in [2.45, 2.75) is 38.0 Å². The molecule has 1 aliphatic heterocycles. The lowest BCUT2D eigenvalue weighted by molar-refractivity contribution is 0.469. The van der Waals surface area contributed by atoms with Crippen molar-refractivity contribution >= 4 is 11.8 Å². The molecule has 2 heterocycles. The maximum Gasteiger partial charge on any atom is 0.115 e. The quantitative estimate of drug-likeness (QED) is 0.643. The lowest BCUT2D eigenvalue weighted by atomic mass is 9.95. The van der Waals surface area contributed by atoms with Crippen molar-refractivity contribution < 1.29 is 0 Å². The highest BCUT2D eigenvalue weighted by molar-refractivity contribution is 8.07. The maximum absolute atomic E-state index is 4.44. The minimum absolute atomic E-state index is 0.148. The number of rotatable bonds is 1. The molecule has 0 saturated carbocycles. The Morgan fingerprint density at radius 1 is 1.54 bits per heavy atom. The molecule has 1 aromatic rings. The Balaban J connectivity index is 2.42. The van der Waals surface area contributed by atoms with Crippen LogP contribution in [0.25, 0.3) is 0 Å². The van der Waals surface area contributed by atoms with Crippen molar-refractivity contribution in [1.29, 1.82) is 0 Å². The van der Waals surface area contributed by atoms with Gasteiger partial charge in [0.25, 0.3) is 0 Å². The fourth-order valence-electron chi connectivity index (χ4n) is 1.48. The first-order chi connectivity index (χ1) is 5.93. The van der Waals surface area contributed by atoms with Crippen LogP contribution in [0.15, 0.2) is 12.4 Å². The van der Waals surface area contributed by atoms with Crippen LogP contribution >= 0.6 is 11.8 Å². The van der Waals surface area contributed by atoms with Crippen LogP contribution in [0.3, 0.4) is 0 Å². The minimum Gasteiger partial charge on any atom is -0.319 e. The fourth-order valence-corrected chi connectivity index (χ4v) is 2.12. The molecule has 3 heteroatoms. The second-order valence-electron chi connectivity index (χ2n) is 4.83. The van der Waals surface area contributed by atoms with Crippen molar-refractivity contribution in [2.75, 3.05) is 5.75 Å². The molecule has 13 heavy (non-hydrogen) atoms. The Kier molecular flexibility index (Phi) is 1.78. The lowest BCUT2D eigenvalue weighted by Gasteiger charge is -2.22. The normalized spacial score (nSPS) is 27.7. The zero-order valence-corrected chi connectivity index (χ0v) is 9.48. The van der Waals surface area contributed by atoms with Gasteiger partial charge in [0.2, 0.25) is 0 Å². The van der Waals surface area contributed by atoms with Crippen LogP contribution in [0.4, 0.5) is 0 Å². The highest BCUT2D eigenvalue weighted by Gasteiger charge is 2.43. The largest absolute Gasteiger partial charge is 0.319 e. The summed E-state index contributed by atoms with van der Waals surface area (Å²) in [6.07, 6.45) is 4.01. The van der Waals surface area contributed by atoms with Crippen molar-refractivity contribution in [3.05, 3.63) is 18.2 Å². The van der Waals surface area contributed by atoms with Gasteiger partial charge in [0.05, 0.1) is 4.87 Å². The minimum atomic E-state index is 0.148. The molecule has 72 valence electrons. The zero-order chi connectivity index (χ0) is 9.69. The van der Waals surface area contributed by atoms with Crippen molar-refractivity contribution in [1.82, 2.24) is 9.55 Å². The molecular weight excluding hydrogens is 180 g/mol. The molecule has 1 aliphatic rings. The van der Waals surface area contributed by atoms with Gasteiger partial charge in [0.15, 0.2) is 0 Å². The third kappa shape index (κ3) is 1.50. The lowest BCUT2D eigenvalue weighted by Crippen LogP contribution is -2.24. The van der Waals surface area contributed by atoms with E-state index in [2.05, 4.69) is 43.4 Å². The summed E-state index contributed by atoms with van der Waals surface area (Å²) in [4.78, 5) is 4.73. The average Bonchev–Trinajstić information content (AvgIpc) is 2.60. The predicted octanol–water partition coefficient (Wildman–Crippen LogP) is 2.60. The van der Waals surface area contributed by atoms with Crippen molar-refractivity contribution in [2.24, 2.45) is 0 Å². The van der Waals surface area contributed by atoms with Gasteiger partial charge in [-0.05, 0) is 6.92 Å². The molecule has 1 fully saturated rings. The maximum atomic E-state index is 4.44. The number of aromatic nitrogens is 2. The van der Waals surface area contributed by atoms with Crippen LogP contribution in [0.2, 0.25) is 0 Å². The first kappa shape index (κ1) is 9.13. The van der Waals surface area contributed by atoms with Crippen LogP contribution in [0.5, 0.6) is 0 Å². The Bertz CT molecular complexity index is 298. The van der Waals surface area contributed by atoms with E-state index in [-0.39, 0.29) is 5.41 Å². The summed E-state index contributed by atoms with van der Waals surface area (Å²) in [5.41, 5.74) is 0.148. The molecule has 0 radical (unpaired) electrons. The summed E-state index contributed by atoms with van der Waals surface area (Å²) in [7, 11) is 0. The first-order valence-electron chi connectivity index (χ1n) is 4.62. The Hall–Kier alpha value is -0.440. The molecule has 1 unspecified atom stereocenters.